The number of hydrogen-bond donors (Lipinski definition) is 1. The molecular formula is C22H29N2+. The largest absolute Gasteiger partial charge is 0.293 e. The summed E-state index contributed by atoms with van der Waals surface area (Å²) in [6, 6.07) is 15.3. The molecular weight excluding hydrogens is 292 g/mol. The lowest BCUT2D eigenvalue weighted by molar-refractivity contribution is 0.332. The third kappa shape index (κ3) is 2.86. The molecule has 0 radical (unpaired) electrons. The van der Waals surface area contributed by atoms with E-state index in [-0.39, 0.29) is 10.8 Å². The lowest BCUT2D eigenvalue weighted by Gasteiger charge is -2.41. The predicted molar refractivity (Wildman–Crippen MR) is 105 cm³/mol. The highest BCUT2D eigenvalue weighted by atomic mass is 15.0. The molecule has 3 rings (SSSR count). The van der Waals surface area contributed by atoms with Crippen molar-refractivity contribution in [2.24, 2.45) is 5.73 Å². The van der Waals surface area contributed by atoms with Gasteiger partial charge in [0.25, 0.3) is 0 Å². The van der Waals surface area contributed by atoms with E-state index in [2.05, 4.69) is 81.7 Å². The van der Waals surface area contributed by atoms with Crippen LogP contribution in [0.25, 0.3) is 0 Å². The monoisotopic (exact) mass is 321 g/mol. The SMILES string of the molecule is Cc1ccc([N+](=CN)c2ccc3c(c2)C(C)(C)CCC3(C)C)cc1. The highest BCUT2D eigenvalue weighted by Gasteiger charge is 2.37. The van der Waals surface area contributed by atoms with E-state index in [1.54, 1.807) is 6.34 Å². The molecule has 0 spiro atoms. The highest BCUT2D eigenvalue weighted by Crippen LogP contribution is 2.46. The van der Waals surface area contributed by atoms with E-state index in [0.717, 1.165) is 11.4 Å². The molecule has 2 N–H and O–H groups in total. The van der Waals surface area contributed by atoms with Gasteiger partial charge in [-0.05, 0) is 66.0 Å². The molecule has 0 saturated heterocycles. The van der Waals surface area contributed by atoms with Crippen LogP contribution < -0.4 is 10.3 Å². The normalized spacial score (nSPS) is 19.0. The van der Waals surface area contributed by atoms with Gasteiger partial charge in [0.2, 0.25) is 6.34 Å². The minimum absolute atomic E-state index is 0.203. The maximum Gasteiger partial charge on any atom is 0.240 e. The first-order valence-corrected chi connectivity index (χ1v) is 8.81. The van der Waals surface area contributed by atoms with Crippen LogP contribution in [-0.2, 0) is 10.8 Å². The first-order valence-electron chi connectivity index (χ1n) is 8.81. The molecule has 0 aromatic heterocycles. The van der Waals surface area contributed by atoms with E-state index in [1.807, 2.05) is 0 Å². The van der Waals surface area contributed by atoms with E-state index in [9.17, 15) is 0 Å². The summed E-state index contributed by atoms with van der Waals surface area (Å²) in [6.45, 7) is 11.5. The Balaban J connectivity index is 2.12. The molecule has 0 amide bonds. The number of nitrogens with zero attached hydrogens (tertiary/aromatic N) is 1. The second-order valence-electron chi connectivity index (χ2n) is 8.35. The molecule has 1 aliphatic carbocycles. The van der Waals surface area contributed by atoms with E-state index < -0.39 is 0 Å². The van der Waals surface area contributed by atoms with Gasteiger partial charge in [-0.2, -0.15) is 4.58 Å². The summed E-state index contributed by atoms with van der Waals surface area (Å²) >= 11 is 0. The van der Waals surface area contributed by atoms with Crippen LogP contribution in [0.2, 0.25) is 0 Å². The fraction of sp³-hybridized carbons (Fsp3) is 0.409. The quantitative estimate of drug-likeness (QED) is 0.462. The Hall–Kier alpha value is -2.09. The van der Waals surface area contributed by atoms with Gasteiger partial charge in [0.05, 0.1) is 0 Å². The minimum atomic E-state index is 0.203. The lowest BCUT2D eigenvalue weighted by Crippen LogP contribution is -2.34. The number of rotatable bonds is 2. The lowest BCUT2D eigenvalue weighted by atomic mass is 9.63. The molecule has 0 fully saturated rings. The van der Waals surface area contributed by atoms with E-state index >= 15 is 0 Å². The molecule has 0 heterocycles. The summed E-state index contributed by atoms with van der Waals surface area (Å²) < 4.78 is 2.07. The molecule has 0 aliphatic heterocycles. The molecule has 2 heteroatoms. The van der Waals surface area contributed by atoms with Crippen molar-refractivity contribution >= 4 is 17.7 Å². The van der Waals surface area contributed by atoms with Crippen LogP contribution in [0.5, 0.6) is 0 Å². The standard InChI is InChI=1S/C22H28N2/c1-16-6-8-17(9-7-16)24(15-23)18-10-11-19-20(14-18)22(4,5)13-12-21(19,2)3/h6-11,14-15,23H,12-13H2,1-5H3/p+1. The molecule has 2 aromatic rings. The maximum absolute atomic E-state index is 5.97. The van der Waals surface area contributed by atoms with Crippen LogP contribution in [0.4, 0.5) is 11.4 Å². The molecule has 0 saturated carbocycles. The summed E-state index contributed by atoms with van der Waals surface area (Å²) in [5, 5.41) is 0. The van der Waals surface area contributed by atoms with Gasteiger partial charge >= 0.3 is 0 Å². The van der Waals surface area contributed by atoms with E-state index in [0.29, 0.717) is 0 Å². The van der Waals surface area contributed by atoms with Gasteiger partial charge in [-0.3, -0.25) is 5.73 Å². The Morgan fingerprint density at radius 1 is 0.833 bits per heavy atom. The minimum Gasteiger partial charge on any atom is -0.293 e. The van der Waals surface area contributed by atoms with Gasteiger partial charge in [0.15, 0.2) is 0 Å². The third-order valence-electron chi connectivity index (χ3n) is 5.58. The molecule has 126 valence electrons. The molecule has 1 aliphatic rings. The first kappa shape index (κ1) is 16.8. The number of nitrogens with two attached hydrogens (primary N) is 1. The Labute approximate surface area is 146 Å². The summed E-state index contributed by atoms with van der Waals surface area (Å²) in [4.78, 5) is 0. The zero-order valence-electron chi connectivity index (χ0n) is 15.6. The second kappa shape index (κ2) is 5.77. The van der Waals surface area contributed by atoms with Gasteiger partial charge in [-0.25, -0.2) is 0 Å². The number of aryl methyl sites for hydroxylation is 1. The van der Waals surface area contributed by atoms with Crippen molar-refractivity contribution in [1.82, 2.24) is 4.58 Å². The molecule has 0 atom stereocenters. The van der Waals surface area contributed by atoms with Crippen molar-refractivity contribution in [2.45, 2.75) is 58.3 Å². The Kier molecular flexibility index (Phi) is 4.03. The molecule has 2 aromatic carbocycles. The van der Waals surface area contributed by atoms with Crippen LogP contribution in [-0.4, -0.2) is 6.34 Å². The first-order chi connectivity index (χ1) is 11.2. The van der Waals surface area contributed by atoms with Gasteiger partial charge in [-0.15, -0.1) is 0 Å². The molecule has 0 unspecified atom stereocenters. The van der Waals surface area contributed by atoms with Gasteiger partial charge in [-0.1, -0.05) is 51.5 Å². The van der Waals surface area contributed by atoms with Crippen LogP contribution in [0.15, 0.2) is 42.5 Å². The van der Waals surface area contributed by atoms with Gasteiger partial charge in [0, 0.05) is 0 Å². The fourth-order valence-corrected chi connectivity index (χ4v) is 3.75. The highest BCUT2D eigenvalue weighted by molar-refractivity contribution is 5.69. The van der Waals surface area contributed by atoms with Crippen molar-refractivity contribution in [3.63, 3.8) is 0 Å². The van der Waals surface area contributed by atoms with Crippen LogP contribution in [0.3, 0.4) is 0 Å². The molecule has 24 heavy (non-hydrogen) atoms. The predicted octanol–water partition coefficient (Wildman–Crippen LogP) is 5.17. The van der Waals surface area contributed by atoms with Crippen molar-refractivity contribution in [2.75, 3.05) is 0 Å². The van der Waals surface area contributed by atoms with E-state index in [1.165, 1.54) is 29.5 Å². The van der Waals surface area contributed by atoms with E-state index in [4.69, 9.17) is 5.73 Å². The van der Waals surface area contributed by atoms with Crippen molar-refractivity contribution < 1.29 is 0 Å². The Morgan fingerprint density at radius 3 is 1.96 bits per heavy atom. The molecule has 2 nitrogen and oxygen atoms in total. The van der Waals surface area contributed by atoms with Crippen molar-refractivity contribution in [3.05, 3.63) is 59.2 Å². The fourth-order valence-electron chi connectivity index (χ4n) is 3.75. The smallest absolute Gasteiger partial charge is 0.240 e. The van der Waals surface area contributed by atoms with Crippen molar-refractivity contribution in [3.8, 4) is 0 Å². The van der Waals surface area contributed by atoms with Crippen LogP contribution >= 0.6 is 0 Å². The summed E-state index contributed by atoms with van der Waals surface area (Å²) in [7, 11) is 0. The number of benzene rings is 2. The zero-order valence-corrected chi connectivity index (χ0v) is 15.6. The number of fused-ring (bicyclic) bond motifs is 1. The second-order valence-corrected chi connectivity index (χ2v) is 8.35. The third-order valence-corrected chi connectivity index (χ3v) is 5.58. The van der Waals surface area contributed by atoms with Crippen LogP contribution in [0, 0.1) is 6.92 Å². The topological polar surface area (TPSA) is 29.0 Å². The summed E-state index contributed by atoms with van der Waals surface area (Å²) in [5.41, 5.74) is 12.8. The zero-order chi connectivity index (χ0) is 17.5. The van der Waals surface area contributed by atoms with Crippen molar-refractivity contribution in [1.29, 1.82) is 0 Å². The maximum atomic E-state index is 5.97. The van der Waals surface area contributed by atoms with Gasteiger partial charge < -0.3 is 0 Å². The Morgan fingerprint density at radius 2 is 1.38 bits per heavy atom. The van der Waals surface area contributed by atoms with Crippen LogP contribution in [0.1, 0.15) is 57.2 Å². The average Bonchev–Trinajstić information content (AvgIpc) is 2.54. The summed E-state index contributed by atoms with van der Waals surface area (Å²) in [5.74, 6) is 0. The van der Waals surface area contributed by atoms with Gasteiger partial charge in [0.1, 0.15) is 11.4 Å². The summed E-state index contributed by atoms with van der Waals surface area (Å²) in [6.07, 6.45) is 4.11. The Bertz CT molecular complexity index is 780. The number of hydrogen-bond acceptors (Lipinski definition) is 0. The average molecular weight is 321 g/mol. The molecule has 0 bridgehead atoms.